The van der Waals surface area contributed by atoms with Crippen molar-refractivity contribution < 1.29 is 27.8 Å². The minimum absolute atomic E-state index is 0.0000888. The van der Waals surface area contributed by atoms with Crippen LogP contribution in [0.2, 0.25) is 0 Å². The van der Waals surface area contributed by atoms with Crippen LogP contribution in [-0.4, -0.2) is 30.0 Å². The van der Waals surface area contributed by atoms with Crippen LogP contribution in [0.25, 0.3) is 0 Å². The first kappa shape index (κ1) is 13.2. The standard InChI is InChI=1S/C8H13F3O3/c1-3-5(7(13)14-4-2)6(12)8(9,10)11/h5-6,12H,3-4H2,1-2H3/t5?,6-/m1/s1. The van der Waals surface area contributed by atoms with Crippen molar-refractivity contribution in [3.63, 3.8) is 0 Å². The van der Waals surface area contributed by atoms with E-state index in [0.717, 1.165) is 0 Å². The van der Waals surface area contributed by atoms with Gasteiger partial charge in [0.25, 0.3) is 0 Å². The summed E-state index contributed by atoms with van der Waals surface area (Å²) in [6.45, 7) is 2.88. The maximum Gasteiger partial charge on any atom is 0.415 e. The molecule has 0 aromatic heterocycles. The van der Waals surface area contributed by atoms with E-state index in [1.807, 2.05) is 0 Å². The molecule has 1 N–H and O–H groups in total. The lowest BCUT2D eigenvalue weighted by Crippen LogP contribution is -2.40. The molecular formula is C8H13F3O3. The number of carbonyl (C=O) groups is 1. The fourth-order valence-electron chi connectivity index (χ4n) is 0.996. The third-order valence-corrected chi connectivity index (χ3v) is 1.75. The average Bonchev–Trinajstić information content (AvgIpc) is 2.04. The summed E-state index contributed by atoms with van der Waals surface area (Å²) in [6, 6.07) is 0. The number of ether oxygens (including phenoxy) is 1. The van der Waals surface area contributed by atoms with Crippen molar-refractivity contribution in [1.29, 1.82) is 0 Å². The molecule has 0 saturated carbocycles. The zero-order chi connectivity index (χ0) is 11.4. The minimum Gasteiger partial charge on any atom is -0.466 e. The Balaban J connectivity index is 4.48. The lowest BCUT2D eigenvalue weighted by atomic mass is 9.99. The van der Waals surface area contributed by atoms with E-state index in [2.05, 4.69) is 4.74 Å². The van der Waals surface area contributed by atoms with Crippen LogP contribution in [0.5, 0.6) is 0 Å². The minimum atomic E-state index is -4.78. The largest absolute Gasteiger partial charge is 0.466 e. The zero-order valence-electron chi connectivity index (χ0n) is 7.97. The van der Waals surface area contributed by atoms with Gasteiger partial charge in [-0.25, -0.2) is 0 Å². The summed E-state index contributed by atoms with van der Waals surface area (Å²) in [5.74, 6) is -2.55. The highest BCUT2D eigenvalue weighted by atomic mass is 19.4. The third kappa shape index (κ3) is 3.53. The Morgan fingerprint density at radius 2 is 1.93 bits per heavy atom. The molecule has 2 atom stereocenters. The van der Waals surface area contributed by atoms with Crippen LogP contribution in [0.15, 0.2) is 0 Å². The van der Waals surface area contributed by atoms with Gasteiger partial charge in [-0.15, -0.1) is 0 Å². The summed E-state index contributed by atoms with van der Waals surface area (Å²) in [6.07, 6.45) is -7.54. The van der Waals surface area contributed by atoms with Crippen molar-refractivity contribution in [2.45, 2.75) is 32.5 Å². The van der Waals surface area contributed by atoms with E-state index in [1.54, 1.807) is 0 Å². The number of carbonyl (C=O) groups excluding carboxylic acids is 1. The number of alkyl halides is 3. The third-order valence-electron chi connectivity index (χ3n) is 1.75. The first-order valence-electron chi connectivity index (χ1n) is 4.26. The van der Waals surface area contributed by atoms with Gasteiger partial charge in [0.15, 0.2) is 6.10 Å². The fraction of sp³-hybridized carbons (Fsp3) is 0.875. The van der Waals surface area contributed by atoms with Gasteiger partial charge in [0, 0.05) is 0 Å². The quantitative estimate of drug-likeness (QED) is 0.721. The molecule has 14 heavy (non-hydrogen) atoms. The van der Waals surface area contributed by atoms with E-state index in [9.17, 15) is 18.0 Å². The normalized spacial score (nSPS) is 16.1. The number of rotatable bonds is 4. The Kier molecular flexibility index (Phi) is 4.90. The van der Waals surface area contributed by atoms with E-state index in [-0.39, 0.29) is 13.0 Å². The van der Waals surface area contributed by atoms with E-state index in [4.69, 9.17) is 5.11 Å². The molecule has 0 radical (unpaired) electrons. The summed E-state index contributed by atoms with van der Waals surface area (Å²) in [5.41, 5.74) is 0. The van der Waals surface area contributed by atoms with E-state index in [1.165, 1.54) is 13.8 Å². The predicted octanol–water partition coefficient (Wildman–Crippen LogP) is 1.50. The number of aliphatic hydroxyl groups is 1. The summed E-state index contributed by atoms with van der Waals surface area (Å²) in [5, 5.41) is 8.82. The Hall–Kier alpha value is -0.780. The van der Waals surface area contributed by atoms with Gasteiger partial charge in [0.2, 0.25) is 0 Å². The molecule has 0 aromatic carbocycles. The summed E-state index contributed by atoms with van der Waals surface area (Å²) < 4.78 is 40.5. The Bertz CT molecular complexity index is 191. The van der Waals surface area contributed by atoms with Crippen LogP contribution in [0.3, 0.4) is 0 Å². The molecule has 0 aliphatic carbocycles. The summed E-state index contributed by atoms with van der Waals surface area (Å²) >= 11 is 0. The lowest BCUT2D eigenvalue weighted by Gasteiger charge is -2.21. The molecule has 0 spiro atoms. The van der Waals surface area contributed by atoms with Crippen molar-refractivity contribution in [3.8, 4) is 0 Å². The van der Waals surface area contributed by atoms with Gasteiger partial charge >= 0.3 is 12.1 Å². The maximum atomic E-state index is 12.0. The number of halogens is 3. The van der Waals surface area contributed by atoms with Crippen LogP contribution in [0.4, 0.5) is 13.2 Å². The zero-order valence-corrected chi connectivity index (χ0v) is 7.97. The Labute approximate surface area is 79.9 Å². The van der Waals surface area contributed by atoms with Gasteiger partial charge < -0.3 is 9.84 Å². The van der Waals surface area contributed by atoms with Crippen LogP contribution in [-0.2, 0) is 9.53 Å². The molecule has 0 rings (SSSR count). The topological polar surface area (TPSA) is 46.5 Å². The molecule has 0 aromatic rings. The predicted molar refractivity (Wildman–Crippen MR) is 42.5 cm³/mol. The Morgan fingerprint density at radius 3 is 2.21 bits per heavy atom. The molecule has 0 fully saturated rings. The number of hydrogen-bond acceptors (Lipinski definition) is 3. The number of esters is 1. The molecule has 0 aliphatic heterocycles. The van der Waals surface area contributed by atoms with Crippen molar-refractivity contribution in [2.75, 3.05) is 6.61 Å². The molecule has 84 valence electrons. The molecular weight excluding hydrogens is 201 g/mol. The fourth-order valence-corrected chi connectivity index (χ4v) is 0.996. The lowest BCUT2D eigenvalue weighted by molar-refractivity contribution is -0.224. The smallest absolute Gasteiger partial charge is 0.415 e. The van der Waals surface area contributed by atoms with Gasteiger partial charge in [0.1, 0.15) is 0 Å². The SMILES string of the molecule is CCOC(=O)C(CC)[C@@H](O)C(F)(F)F. The second-order valence-corrected chi connectivity index (χ2v) is 2.75. The number of aliphatic hydroxyl groups excluding tert-OH is 1. The molecule has 6 heteroatoms. The van der Waals surface area contributed by atoms with Crippen molar-refractivity contribution in [3.05, 3.63) is 0 Å². The summed E-state index contributed by atoms with van der Waals surface area (Å²) in [7, 11) is 0. The van der Waals surface area contributed by atoms with Crippen molar-refractivity contribution in [2.24, 2.45) is 5.92 Å². The highest BCUT2D eigenvalue weighted by Crippen LogP contribution is 2.27. The maximum absolute atomic E-state index is 12.0. The van der Waals surface area contributed by atoms with Crippen LogP contribution >= 0.6 is 0 Å². The molecule has 0 heterocycles. The van der Waals surface area contributed by atoms with Gasteiger partial charge in [-0.3, -0.25) is 4.79 Å². The van der Waals surface area contributed by atoms with E-state index < -0.39 is 24.2 Å². The van der Waals surface area contributed by atoms with Crippen molar-refractivity contribution >= 4 is 5.97 Å². The molecule has 0 saturated heterocycles. The molecule has 3 nitrogen and oxygen atoms in total. The summed E-state index contributed by atoms with van der Waals surface area (Å²) in [4.78, 5) is 11.0. The van der Waals surface area contributed by atoms with Crippen LogP contribution in [0, 0.1) is 5.92 Å². The molecule has 0 bridgehead atoms. The first-order valence-corrected chi connectivity index (χ1v) is 4.26. The van der Waals surface area contributed by atoms with Gasteiger partial charge in [0.05, 0.1) is 12.5 Å². The van der Waals surface area contributed by atoms with Gasteiger partial charge in [-0.05, 0) is 13.3 Å². The monoisotopic (exact) mass is 214 g/mol. The number of hydrogen-bond donors (Lipinski definition) is 1. The average molecular weight is 214 g/mol. The highest BCUT2D eigenvalue weighted by molar-refractivity contribution is 5.73. The Morgan fingerprint density at radius 1 is 1.43 bits per heavy atom. The second kappa shape index (κ2) is 5.19. The first-order chi connectivity index (χ1) is 6.34. The van der Waals surface area contributed by atoms with E-state index >= 15 is 0 Å². The van der Waals surface area contributed by atoms with Gasteiger partial charge in [-0.2, -0.15) is 13.2 Å². The van der Waals surface area contributed by atoms with Crippen LogP contribution < -0.4 is 0 Å². The highest BCUT2D eigenvalue weighted by Gasteiger charge is 2.46. The second-order valence-electron chi connectivity index (χ2n) is 2.75. The van der Waals surface area contributed by atoms with Gasteiger partial charge in [-0.1, -0.05) is 6.92 Å². The molecule has 0 amide bonds. The van der Waals surface area contributed by atoms with Crippen molar-refractivity contribution in [1.82, 2.24) is 0 Å². The van der Waals surface area contributed by atoms with Crippen LogP contribution in [0.1, 0.15) is 20.3 Å². The molecule has 0 aliphatic rings. The van der Waals surface area contributed by atoms with E-state index in [0.29, 0.717) is 0 Å². The molecule has 1 unspecified atom stereocenters.